The third kappa shape index (κ3) is 5.42. The van der Waals surface area contributed by atoms with Crippen LogP contribution in [0, 0.1) is 0 Å². The maximum absolute atomic E-state index is 5.39. The van der Waals surface area contributed by atoms with E-state index in [0.29, 0.717) is 5.82 Å². The molecule has 0 bridgehead atoms. The molecule has 0 aliphatic heterocycles. The molecule has 0 atom stereocenters. The number of fused-ring (bicyclic) bond motifs is 6. The van der Waals surface area contributed by atoms with Crippen molar-refractivity contribution < 1.29 is 0 Å². The summed E-state index contributed by atoms with van der Waals surface area (Å²) in [6.07, 6.45) is 0. The van der Waals surface area contributed by atoms with E-state index in [2.05, 4.69) is 193 Å². The van der Waals surface area contributed by atoms with Gasteiger partial charge in [0.15, 0.2) is 5.82 Å². The molecule has 0 saturated heterocycles. The van der Waals surface area contributed by atoms with Gasteiger partial charge >= 0.3 is 0 Å². The van der Waals surface area contributed by atoms with Gasteiger partial charge < -0.3 is 4.57 Å². The van der Waals surface area contributed by atoms with Gasteiger partial charge in [-0.1, -0.05) is 158 Å². The topological polar surface area (TPSA) is 30.7 Å². The smallest absolute Gasteiger partial charge is 0.162 e. The van der Waals surface area contributed by atoms with Gasteiger partial charge in [-0.15, -0.1) is 11.3 Å². The summed E-state index contributed by atoms with van der Waals surface area (Å²) in [5.74, 6) is 0.690. The van der Waals surface area contributed by atoms with Crippen LogP contribution in [0.4, 0.5) is 0 Å². The Morgan fingerprint density at radius 3 is 1.64 bits per heavy atom. The Balaban J connectivity index is 1.27. The highest BCUT2D eigenvalue weighted by atomic mass is 32.1. The van der Waals surface area contributed by atoms with Gasteiger partial charge in [-0.25, -0.2) is 9.97 Å². The lowest BCUT2D eigenvalue weighted by Crippen LogP contribution is -2.02. The van der Waals surface area contributed by atoms with Crippen molar-refractivity contribution in [3.63, 3.8) is 0 Å². The molecule has 0 saturated carbocycles. The molecule has 11 aromatic rings. The second-order valence-electron chi connectivity index (χ2n) is 14.2. The summed E-state index contributed by atoms with van der Waals surface area (Å²) in [5.41, 5.74) is 12.9. The van der Waals surface area contributed by atoms with Gasteiger partial charge in [-0.2, -0.15) is 0 Å². The molecule has 0 fully saturated rings. The van der Waals surface area contributed by atoms with E-state index >= 15 is 0 Å². The second kappa shape index (κ2) is 13.3. The quantitative estimate of drug-likeness (QED) is 0.170. The van der Waals surface area contributed by atoms with E-state index in [4.69, 9.17) is 9.97 Å². The number of aromatic nitrogens is 3. The predicted molar refractivity (Wildman–Crippen MR) is 236 cm³/mol. The lowest BCUT2D eigenvalue weighted by atomic mass is 9.97. The Hall–Kier alpha value is -7.14. The molecule has 0 radical (unpaired) electrons. The van der Waals surface area contributed by atoms with Crippen LogP contribution in [0.15, 0.2) is 200 Å². The summed E-state index contributed by atoms with van der Waals surface area (Å²) in [5, 5.41) is 4.89. The molecule has 3 aromatic heterocycles. The monoisotopic (exact) mass is 731 g/mol. The summed E-state index contributed by atoms with van der Waals surface area (Å²) >= 11 is 1.82. The van der Waals surface area contributed by atoms with E-state index < -0.39 is 0 Å². The number of rotatable bonds is 6. The zero-order valence-electron chi connectivity index (χ0n) is 30.3. The number of hydrogen-bond acceptors (Lipinski definition) is 3. The van der Waals surface area contributed by atoms with Gasteiger partial charge in [-0.05, 0) is 64.7 Å². The first kappa shape index (κ1) is 32.3. The molecule has 8 aromatic carbocycles. The molecule has 11 rings (SSSR count). The maximum Gasteiger partial charge on any atom is 0.162 e. The molecule has 0 N–H and O–H groups in total. The van der Waals surface area contributed by atoms with Crippen molar-refractivity contribution in [2.24, 2.45) is 0 Å². The van der Waals surface area contributed by atoms with Crippen molar-refractivity contribution in [2.45, 2.75) is 0 Å². The van der Waals surface area contributed by atoms with E-state index in [9.17, 15) is 0 Å². The standard InChI is InChI=1S/C52H33N3S/c1-5-16-34(17-6-1)38-28-29-46-42(30-38)51-39(35-18-7-2-8-19-35)25-15-26-47(51)55(46)48-31-41-40-24-13-14-27-49(40)56-50(41)32-43(48)52-53-44(36-20-9-3-10-21-36)33-45(54-52)37-22-11-4-12-23-37/h1-33H. The number of nitrogens with zero attached hydrogens (tertiary/aromatic N) is 3. The van der Waals surface area contributed by atoms with E-state index in [-0.39, 0.29) is 0 Å². The van der Waals surface area contributed by atoms with Crippen LogP contribution in [0.5, 0.6) is 0 Å². The second-order valence-corrected chi connectivity index (χ2v) is 15.2. The van der Waals surface area contributed by atoms with Crippen molar-refractivity contribution in [3.8, 4) is 61.8 Å². The summed E-state index contributed by atoms with van der Waals surface area (Å²) in [6, 6.07) is 71.5. The lowest BCUT2D eigenvalue weighted by molar-refractivity contribution is 1.14. The van der Waals surface area contributed by atoms with Crippen molar-refractivity contribution in [2.75, 3.05) is 0 Å². The number of benzene rings is 8. The molecule has 0 aliphatic carbocycles. The molecule has 4 heteroatoms. The van der Waals surface area contributed by atoms with Crippen LogP contribution < -0.4 is 0 Å². The molecule has 0 aliphatic rings. The largest absolute Gasteiger partial charge is 0.308 e. The Bertz CT molecular complexity index is 3160. The van der Waals surface area contributed by atoms with Gasteiger partial charge in [0.1, 0.15) is 0 Å². The minimum Gasteiger partial charge on any atom is -0.308 e. The van der Waals surface area contributed by atoms with Gasteiger partial charge in [0, 0.05) is 47.6 Å². The minimum absolute atomic E-state index is 0.690. The van der Waals surface area contributed by atoms with Crippen LogP contribution >= 0.6 is 11.3 Å². The average molecular weight is 732 g/mol. The molecule has 3 nitrogen and oxygen atoms in total. The van der Waals surface area contributed by atoms with E-state index in [1.54, 1.807) is 0 Å². The highest BCUT2D eigenvalue weighted by molar-refractivity contribution is 7.25. The molecular weight excluding hydrogens is 699 g/mol. The van der Waals surface area contributed by atoms with Gasteiger partial charge in [0.2, 0.25) is 0 Å². The lowest BCUT2D eigenvalue weighted by Gasteiger charge is -2.16. The summed E-state index contributed by atoms with van der Waals surface area (Å²) in [6.45, 7) is 0. The molecule has 3 heterocycles. The predicted octanol–water partition coefficient (Wildman–Crippen LogP) is 14.3. The molecule has 56 heavy (non-hydrogen) atoms. The van der Waals surface area contributed by atoms with Crippen LogP contribution in [0.25, 0.3) is 104 Å². The SMILES string of the molecule is c1ccc(-c2ccc3c(c2)c2c(-c4ccccc4)cccc2n3-c2cc3c(cc2-c2nc(-c4ccccc4)cc(-c4ccccc4)n2)sc2ccccc23)cc1. The van der Waals surface area contributed by atoms with Gasteiger partial charge in [0.05, 0.1) is 28.1 Å². The molecular formula is C52H33N3S. The van der Waals surface area contributed by atoms with Gasteiger partial charge in [0.25, 0.3) is 0 Å². The maximum atomic E-state index is 5.39. The Morgan fingerprint density at radius 2 is 0.964 bits per heavy atom. The fraction of sp³-hybridized carbons (Fsp3) is 0. The summed E-state index contributed by atoms with van der Waals surface area (Å²) < 4.78 is 4.92. The first-order valence-electron chi connectivity index (χ1n) is 18.9. The van der Waals surface area contributed by atoms with Crippen LogP contribution in [0.3, 0.4) is 0 Å². The van der Waals surface area contributed by atoms with Crippen LogP contribution in [-0.4, -0.2) is 14.5 Å². The van der Waals surface area contributed by atoms with Crippen molar-refractivity contribution >= 4 is 53.3 Å². The molecule has 0 unspecified atom stereocenters. The Kier molecular flexibility index (Phi) is 7.68. The average Bonchev–Trinajstić information content (AvgIpc) is 3.82. The van der Waals surface area contributed by atoms with E-state index in [1.165, 1.54) is 53.2 Å². The van der Waals surface area contributed by atoms with Crippen LogP contribution in [0.1, 0.15) is 0 Å². The molecule has 0 spiro atoms. The normalized spacial score (nSPS) is 11.6. The first-order chi connectivity index (χ1) is 27.8. The zero-order valence-corrected chi connectivity index (χ0v) is 31.1. The highest BCUT2D eigenvalue weighted by Crippen LogP contribution is 2.45. The van der Waals surface area contributed by atoms with Crippen LogP contribution in [0.2, 0.25) is 0 Å². The number of hydrogen-bond donors (Lipinski definition) is 0. The molecule has 262 valence electrons. The van der Waals surface area contributed by atoms with Crippen LogP contribution in [-0.2, 0) is 0 Å². The summed E-state index contributed by atoms with van der Waals surface area (Å²) in [4.78, 5) is 10.8. The first-order valence-corrected chi connectivity index (χ1v) is 19.7. The van der Waals surface area contributed by atoms with E-state index in [0.717, 1.165) is 44.8 Å². The van der Waals surface area contributed by atoms with Gasteiger partial charge in [-0.3, -0.25) is 0 Å². The fourth-order valence-electron chi connectivity index (χ4n) is 8.20. The van der Waals surface area contributed by atoms with Crippen molar-refractivity contribution in [3.05, 3.63) is 200 Å². The third-order valence-corrected chi connectivity index (χ3v) is 12.0. The Labute approximate surface area is 328 Å². The fourth-order valence-corrected chi connectivity index (χ4v) is 9.33. The minimum atomic E-state index is 0.690. The highest BCUT2D eigenvalue weighted by Gasteiger charge is 2.23. The summed E-state index contributed by atoms with van der Waals surface area (Å²) in [7, 11) is 0. The Morgan fingerprint density at radius 1 is 0.357 bits per heavy atom. The van der Waals surface area contributed by atoms with E-state index in [1.807, 2.05) is 23.5 Å². The van der Waals surface area contributed by atoms with Crippen molar-refractivity contribution in [1.29, 1.82) is 0 Å². The number of thiophene rings is 1. The zero-order chi connectivity index (χ0) is 37.0. The third-order valence-electron chi connectivity index (χ3n) is 10.8. The molecule has 0 amide bonds. The van der Waals surface area contributed by atoms with Crippen molar-refractivity contribution in [1.82, 2.24) is 14.5 Å².